The molecule has 0 aliphatic rings. The van der Waals surface area contributed by atoms with Crippen LogP contribution in [0.1, 0.15) is 19.9 Å². The van der Waals surface area contributed by atoms with E-state index in [0.29, 0.717) is 50.3 Å². The third kappa shape index (κ3) is 2.81. The molecule has 176 valence electrons. The van der Waals surface area contributed by atoms with Crippen molar-refractivity contribution in [1.82, 2.24) is 14.8 Å². The van der Waals surface area contributed by atoms with Crippen LogP contribution in [0.3, 0.4) is 0 Å². The summed E-state index contributed by atoms with van der Waals surface area (Å²) in [5.41, 5.74) is 1.36. The number of hydrogen-bond acceptors (Lipinski definition) is 7. The van der Waals surface area contributed by atoms with Crippen molar-refractivity contribution in [3.05, 3.63) is 44.8 Å². The largest absolute Gasteiger partial charge is 0.502 e. The third-order valence-corrected chi connectivity index (χ3v) is 5.93. The molecule has 0 fully saturated rings. The maximum atomic E-state index is 13.2. The minimum atomic E-state index is -0.564. The van der Waals surface area contributed by atoms with Gasteiger partial charge in [-0.3, -0.25) is 19.4 Å². The Hall–Kier alpha value is -4.34. The van der Waals surface area contributed by atoms with Gasteiger partial charge in [0.2, 0.25) is 16.9 Å². The monoisotopic (exact) mass is 465 g/mol. The van der Waals surface area contributed by atoms with Crippen molar-refractivity contribution in [2.75, 3.05) is 21.3 Å². The fraction of sp³-hybridized carbons (Fsp3) is 0.250. The maximum Gasteiger partial charge on any atom is 0.274 e. The number of phenolic OH excluding ortho intramolecular Hbond substituents is 1. The summed E-state index contributed by atoms with van der Waals surface area (Å²) in [5, 5.41) is 14.1. The van der Waals surface area contributed by atoms with E-state index < -0.39 is 11.2 Å². The van der Waals surface area contributed by atoms with E-state index in [4.69, 9.17) is 18.6 Å². The van der Waals surface area contributed by atoms with Crippen molar-refractivity contribution in [1.29, 1.82) is 0 Å². The van der Waals surface area contributed by atoms with Gasteiger partial charge in [-0.2, -0.15) is 0 Å². The number of nitrogens with zero attached hydrogens (tertiary/aromatic N) is 1. The molecule has 3 heterocycles. The number of phenols is 1. The SMILES string of the molecule is COc1ccc(-c2c3oc4c(O)c(=O)ccc4c3[nH]c3c2c(=O)[nH]n3C(C)C)c(OC)c1OC. The lowest BCUT2D eigenvalue weighted by Crippen LogP contribution is -2.07. The number of aromatic nitrogens is 3. The highest BCUT2D eigenvalue weighted by atomic mass is 16.5. The van der Waals surface area contributed by atoms with Crippen molar-refractivity contribution in [2.24, 2.45) is 0 Å². The van der Waals surface area contributed by atoms with Gasteiger partial charge in [-0.05, 0) is 38.1 Å². The molecule has 0 aliphatic carbocycles. The highest BCUT2D eigenvalue weighted by Gasteiger charge is 2.27. The quantitative estimate of drug-likeness (QED) is 0.359. The van der Waals surface area contributed by atoms with Gasteiger partial charge in [-0.1, -0.05) is 0 Å². The van der Waals surface area contributed by atoms with Crippen LogP contribution in [-0.2, 0) is 0 Å². The predicted molar refractivity (Wildman–Crippen MR) is 128 cm³/mol. The van der Waals surface area contributed by atoms with Gasteiger partial charge in [0, 0.05) is 22.6 Å². The molecule has 0 saturated carbocycles. The van der Waals surface area contributed by atoms with Crippen LogP contribution in [-0.4, -0.2) is 41.2 Å². The van der Waals surface area contributed by atoms with Crippen molar-refractivity contribution < 1.29 is 23.7 Å². The first kappa shape index (κ1) is 21.5. The van der Waals surface area contributed by atoms with E-state index in [2.05, 4.69) is 10.1 Å². The maximum absolute atomic E-state index is 13.2. The highest BCUT2D eigenvalue weighted by molar-refractivity contribution is 6.15. The summed E-state index contributed by atoms with van der Waals surface area (Å²) in [6.07, 6.45) is 0. The standard InChI is InChI=1S/C24H23N3O7/c1-10(2)27-23-16(24(30)26-27)15(11-7-9-14(31-3)21(33-5)20(11)32-4)22-17(25-23)12-6-8-13(28)18(29)19(12)34-22/h6-10,25,29H,1-5H3,(H,26,30). The Morgan fingerprint density at radius 1 is 0.971 bits per heavy atom. The normalized spacial score (nSPS) is 11.7. The van der Waals surface area contributed by atoms with Crippen LogP contribution in [0.4, 0.5) is 0 Å². The van der Waals surface area contributed by atoms with Crippen LogP contribution in [0.2, 0.25) is 0 Å². The molecule has 2 aromatic carbocycles. The predicted octanol–water partition coefficient (Wildman–Crippen LogP) is 3.90. The number of ether oxygens (including phenoxy) is 3. The van der Waals surface area contributed by atoms with E-state index >= 15 is 0 Å². The smallest absolute Gasteiger partial charge is 0.274 e. The van der Waals surface area contributed by atoms with Crippen LogP contribution < -0.4 is 25.2 Å². The molecule has 0 unspecified atom stereocenters. The number of hydrogen-bond donors (Lipinski definition) is 3. The third-order valence-electron chi connectivity index (χ3n) is 5.93. The Bertz CT molecular complexity index is 1700. The molecule has 34 heavy (non-hydrogen) atoms. The fourth-order valence-electron chi connectivity index (χ4n) is 4.41. The number of rotatable bonds is 5. The van der Waals surface area contributed by atoms with Crippen LogP contribution >= 0.6 is 0 Å². The van der Waals surface area contributed by atoms with Gasteiger partial charge in [-0.15, -0.1) is 0 Å². The first-order valence-electron chi connectivity index (χ1n) is 10.6. The number of nitrogens with one attached hydrogen (secondary N) is 2. The van der Waals surface area contributed by atoms with E-state index in [1.165, 1.54) is 27.4 Å². The van der Waals surface area contributed by atoms with Gasteiger partial charge in [0.15, 0.2) is 22.7 Å². The highest BCUT2D eigenvalue weighted by Crippen LogP contribution is 2.48. The van der Waals surface area contributed by atoms with Crippen molar-refractivity contribution in [3.8, 4) is 34.1 Å². The number of aromatic hydroxyl groups is 1. The summed E-state index contributed by atoms with van der Waals surface area (Å²) in [7, 11) is 4.49. The number of pyridine rings is 1. The number of furan rings is 1. The fourth-order valence-corrected chi connectivity index (χ4v) is 4.41. The van der Waals surface area contributed by atoms with E-state index in [-0.39, 0.29) is 22.8 Å². The molecule has 0 aliphatic heterocycles. The zero-order valence-electron chi connectivity index (χ0n) is 19.2. The average Bonchev–Trinajstić information content (AvgIpc) is 3.37. The second kappa shape index (κ2) is 7.62. The lowest BCUT2D eigenvalue weighted by atomic mass is 10.00. The Kier molecular flexibility index (Phi) is 4.82. The number of fused-ring (bicyclic) bond motifs is 4. The Morgan fingerprint density at radius 3 is 2.35 bits per heavy atom. The summed E-state index contributed by atoms with van der Waals surface area (Å²) in [5.74, 6) is 0.626. The molecule has 0 radical (unpaired) electrons. The molecule has 0 spiro atoms. The summed E-state index contributed by atoms with van der Waals surface area (Å²) >= 11 is 0. The minimum Gasteiger partial charge on any atom is -0.502 e. The number of benzene rings is 2. The van der Waals surface area contributed by atoms with E-state index in [9.17, 15) is 14.7 Å². The zero-order chi connectivity index (χ0) is 24.3. The Morgan fingerprint density at radius 2 is 1.71 bits per heavy atom. The van der Waals surface area contributed by atoms with Gasteiger partial charge in [0.1, 0.15) is 5.65 Å². The van der Waals surface area contributed by atoms with Crippen molar-refractivity contribution in [3.63, 3.8) is 0 Å². The summed E-state index contributed by atoms with van der Waals surface area (Å²) < 4.78 is 24.4. The van der Waals surface area contributed by atoms with Crippen molar-refractivity contribution in [2.45, 2.75) is 19.9 Å². The second-order valence-corrected chi connectivity index (χ2v) is 8.11. The minimum absolute atomic E-state index is 0.0274. The second-order valence-electron chi connectivity index (χ2n) is 8.11. The van der Waals surface area contributed by atoms with Gasteiger partial charge >= 0.3 is 0 Å². The topological polar surface area (TPSA) is 132 Å². The molecule has 0 bridgehead atoms. The number of aromatic amines is 2. The lowest BCUT2D eigenvalue weighted by molar-refractivity contribution is 0.325. The molecular formula is C24H23N3O7. The molecule has 3 N–H and O–H groups in total. The van der Waals surface area contributed by atoms with Crippen LogP contribution in [0.15, 0.2) is 38.3 Å². The zero-order valence-corrected chi connectivity index (χ0v) is 19.2. The molecule has 5 aromatic rings. The van der Waals surface area contributed by atoms with Crippen LogP contribution in [0.25, 0.3) is 44.2 Å². The summed E-state index contributed by atoms with van der Waals surface area (Å²) in [6.45, 7) is 3.88. The molecule has 5 rings (SSSR count). The Labute approximate surface area is 192 Å². The molecule has 10 heteroatoms. The van der Waals surface area contributed by atoms with Crippen molar-refractivity contribution >= 4 is 33.1 Å². The first-order valence-corrected chi connectivity index (χ1v) is 10.6. The Balaban J connectivity index is 2.07. The van der Waals surface area contributed by atoms with Gasteiger partial charge in [0.05, 0.1) is 32.2 Å². The number of H-pyrrole nitrogens is 2. The molecule has 3 aromatic heterocycles. The molecule has 10 nitrogen and oxygen atoms in total. The lowest BCUT2D eigenvalue weighted by Gasteiger charge is -2.16. The van der Waals surface area contributed by atoms with Gasteiger partial charge in [-0.25, -0.2) is 0 Å². The van der Waals surface area contributed by atoms with Gasteiger partial charge < -0.3 is 28.7 Å². The van der Waals surface area contributed by atoms with Crippen LogP contribution in [0.5, 0.6) is 23.0 Å². The summed E-state index contributed by atoms with van der Waals surface area (Å²) in [4.78, 5) is 28.6. The van der Waals surface area contributed by atoms with Crippen LogP contribution in [0, 0.1) is 0 Å². The molecule has 0 amide bonds. The molecular weight excluding hydrogens is 442 g/mol. The van der Waals surface area contributed by atoms with Gasteiger partial charge in [0.25, 0.3) is 5.56 Å². The van der Waals surface area contributed by atoms with E-state index in [0.717, 1.165) is 0 Å². The van der Waals surface area contributed by atoms with E-state index in [1.807, 2.05) is 13.8 Å². The van der Waals surface area contributed by atoms with E-state index in [1.54, 1.807) is 22.9 Å². The molecule has 0 saturated heterocycles. The molecule has 0 atom stereocenters. The average molecular weight is 465 g/mol. The summed E-state index contributed by atoms with van der Waals surface area (Å²) in [6, 6.07) is 6.22. The number of methoxy groups -OCH3 is 3. The first-order chi connectivity index (χ1) is 16.3.